The van der Waals surface area contributed by atoms with Crippen LogP contribution < -0.4 is 15.2 Å². The van der Waals surface area contributed by atoms with Crippen LogP contribution in [0.2, 0.25) is 0 Å². The van der Waals surface area contributed by atoms with Gasteiger partial charge in [0, 0.05) is 31.0 Å². The molecule has 0 radical (unpaired) electrons. The summed E-state index contributed by atoms with van der Waals surface area (Å²) in [6.07, 6.45) is 6.17. The Labute approximate surface area is 217 Å². The van der Waals surface area contributed by atoms with Crippen molar-refractivity contribution in [2.75, 3.05) is 29.8 Å². The van der Waals surface area contributed by atoms with E-state index in [1.54, 1.807) is 21.7 Å². The second-order valence-electron chi connectivity index (χ2n) is 8.58. The van der Waals surface area contributed by atoms with Crippen LogP contribution in [-0.4, -0.2) is 49.9 Å². The number of piperidine rings is 1. The predicted molar refractivity (Wildman–Crippen MR) is 144 cm³/mol. The standard InChI is InChI=1S/C26H26FN7O2S/c1-3-22(35)33-12-6-7-16(14-33)34-26-23(25(28)29-15-30-26)24(31-34)18-11-10-17(13-19(18)27)36-21-9-5-4-8-20(21)32-37-2/h3-5,8-11,13,15-16,32H,1,6-7,12,14H2,2H3,(H2,28,29,30). The molecule has 0 spiro atoms. The van der Waals surface area contributed by atoms with Crippen molar-refractivity contribution >= 4 is 40.4 Å². The second-order valence-corrected chi connectivity index (χ2v) is 9.19. The van der Waals surface area contributed by atoms with Gasteiger partial charge in [-0.25, -0.2) is 19.0 Å². The van der Waals surface area contributed by atoms with Crippen LogP contribution in [0.3, 0.4) is 0 Å². The third-order valence-corrected chi connectivity index (χ3v) is 6.69. The van der Waals surface area contributed by atoms with E-state index in [9.17, 15) is 4.79 Å². The van der Waals surface area contributed by atoms with E-state index in [4.69, 9.17) is 15.6 Å². The number of rotatable bonds is 7. The van der Waals surface area contributed by atoms with Crippen molar-refractivity contribution in [2.45, 2.75) is 18.9 Å². The first-order chi connectivity index (χ1) is 18.0. The smallest absolute Gasteiger partial charge is 0.246 e. The lowest BCUT2D eigenvalue weighted by molar-refractivity contribution is -0.127. The number of nitrogens with one attached hydrogen (secondary N) is 1. The van der Waals surface area contributed by atoms with E-state index in [1.807, 2.05) is 30.5 Å². The van der Waals surface area contributed by atoms with Gasteiger partial charge < -0.3 is 20.1 Å². The van der Waals surface area contributed by atoms with Crippen LogP contribution in [-0.2, 0) is 4.79 Å². The number of likely N-dealkylation sites (tertiary alicyclic amines) is 1. The predicted octanol–water partition coefficient (Wildman–Crippen LogP) is 5.05. The van der Waals surface area contributed by atoms with Gasteiger partial charge in [0.2, 0.25) is 5.91 Å². The van der Waals surface area contributed by atoms with Crippen molar-refractivity contribution in [1.82, 2.24) is 24.6 Å². The molecule has 2 aromatic carbocycles. The maximum Gasteiger partial charge on any atom is 0.246 e. The molecule has 9 nitrogen and oxygen atoms in total. The van der Waals surface area contributed by atoms with E-state index in [-0.39, 0.29) is 23.3 Å². The summed E-state index contributed by atoms with van der Waals surface area (Å²) in [6.45, 7) is 4.69. The maximum atomic E-state index is 15.5. The molecular formula is C26H26FN7O2S. The third kappa shape index (κ3) is 4.82. The van der Waals surface area contributed by atoms with Gasteiger partial charge >= 0.3 is 0 Å². The summed E-state index contributed by atoms with van der Waals surface area (Å²) in [5, 5.41) is 5.22. The zero-order valence-electron chi connectivity index (χ0n) is 20.2. The number of halogens is 1. The minimum atomic E-state index is -0.519. The lowest BCUT2D eigenvalue weighted by Crippen LogP contribution is -2.40. The van der Waals surface area contributed by atoms with Crippen LogP contribution in [0, 0.1) is 5.82 Å². The molecular weight excluding hydrogens is 493 g/mol. The van der Waals surface area contributed by atoms with E-state index in [0.717, 1.165) is 18.5 Å². The molecule has 190 valence electrons. The summed E-state index contributed by atoms with van der Waals surface area (Å²) in [5.74, 6) is 0.474. The van der Waals surface area contributed by atoms with Crippen LogP contribution in [0.15, 0.2) is 61.4 Å². The van der Waals surface area contributed by atoms with Crippen molar-refractivity contribution in [3.63, 3.8) is 0 Å². The molecule has 1 fully saturated rings. The van der Waals surface area contributed by atoms with Gasteiger partial charge in [0.25, 0.3) is 0 Å². The molecule has 11 heteroatoms. The monoisotopic (exact) mass is 519 g/mol. The number of nitrogens with zero attached hydrogens (tertiary/aromatic N) is 5. The summed E-state index contributed by atoms with van der Waals surface area (Å²) in [6, 6.07) is 11.9. The Morgan fingerprint density at radius 3 is 2.92 bits per heavy atom. The molecule has 3 heterocycles. The van der Waals surface area contributed by atoms with Crippen LogP contribution in [0.25, 0.3) is 22.3 Å². The molecule has 3 N–H and O–H groups in total. The van der Waals surface area contributed by atoms with Crippen LogP contribution in [0.5, 0.6) is 11.5 Å². The Morgan fingerprint density at radius 2 is 2.14 bits per heavy atom. The number of fused-ring (bicyclic) bond motifs is 1. The number of aromatic nitrogens is 4. The maximum absolute atomic E-state index is 15.5. The van der Waals surface area contributed by atoms with Crippen LogP contribution >= 0.6 is 11.9 Å². The van der Waals surface area contributed by atoms with Crippen molar-refractivity contribution in [2.24, 2.45) is 0 Å². The van der Waals surface area contributed by atoms with Gasteiger partial charge in [-0.05, 0) is 43.2 Å². The second kappa shape index (κ2) is 10.5. The van der Waals surface area contributed by atoms with E-state index in [1.165, 1.54) is 30.4 Å². The minimum absolute atomic E-state index is 0.133. The highest BCUT2D eigenvalue weighted by molar-refractivity contribution is 7.99. The number of hydrogen-bond donors (Lipinski definition) is 2. The van der Waals surface area contributed by atoms with Crippen molar-refractivity contribution < 1.29 is 13.9 Å². The number of hydrogen-bond acceptors (Lipinski definition) is 8. The van der Waals surface area contributed by atoms with Gasteiger partial charge in [-0.1, -0.05) is 30.7 Å². The summed E-state index contributed by atoms with van der Waals surface area (Å²) in [4.78, 5) is 22.5. The molecule has 0 saturated carbocycles. The largest absolute Gasteiger partial charge is 0.455 e. The van der Waals surface area contributed by atoms with E-state index in [0.29, 0.717) is 41.3 Å². The summed E-state index contributed by atoms with van der Waals surface area (Å²) >= 11 is 1.44. The van der Waals surface area contributed by atoms with Gasteiger partial charge in [0.1, 0.15) is 29.4 Å². The first kappa shape index (κ1) is 24.6. The van der Waals surface area contributed by atoms with E-state index >= 15 is 4.39 Å². The quantitative estimate of drug-likeness (QED) is 0.258. The Morgan fingerprint density at radius 1 is 1.30 bits per heavy atom. The summed E-state index contributed by atoms with van der Waals surface area (Å²) in [5.41, 5.74) is 8.10. The number of carbonyl (C=O) groups excluding carboxylic acids is 1. The summed E-state index contributed by atoms with van der Waals surface area (Å²) in [7, 11) is 0. The Bertz CT molecular complexity index is 1470. The molecule has 1 saturated heterocycles. The molecule has 4 aromatic rings. The zero-order valence-corrected chi connectivity index (χ0v) is 21.0. The van der Waals surface area contributed by atoms with Gasteiger partial charge in [-0.15, -0.1) is 0 Å². The number of amides is 1. The van der Waals surface area contributed by atoms with Gasteiger partial charge in [-0.2, -0.15) is 5.10 Å². The van der Waals surface area contributed by atoms with Crippen molar-refractivity contribution in [3.05, 3.63) is 67.3 Å². The molecule has 1 amide bonds. The molecule has 1 atom stereocenters. The average Bonchev–Trinajstić information content (AvgIpc) is 3.30. The highest BCUT2D eigenvalue weighted by atomic mass is 32.2. The number of nitrogen functional groups attached to an aromatic ring is 1. The zero-order chi connectivity index (χ0) is 25.9. The molecule has 1 aliphatic heterocycles. The SMILES string of the molecule is C=CC(=O)N1CCCC(n2nc(-c3ccc(Oc4ccccc4NSC)cc3F)c3c(N)ncnc32)C1. The van der Waals surface area contributed by atoms with Gasteiger partial charge in [-0.3, -0.25) is 4.79 Å². The minimum Gasteiger partial charge on any atom is -0.455 e. The molecule has 1 aliphatic rings. The van der Waals surface area contributed by atoms with Crippen molar-refractivity contribution in [1.29, 1.82) is 0 Å². The van der Waals surface area contributed by atoms with E-state index < -0.39 is 5.82 Å². The highest BCUT2D eigenvalue weighted by Gasteiger charge is 2.28. The average molecular weight is 520 g/mol. The first-order valence-corrected chi connectivity index (χ1v) is 13.0. The van der Waals surface area contributed by atoms with E-state index in [2.05, 4.69) is 21.3 Å². The molecule has 1 unspecified atom stereocenters. The molecule has 0 aliphatic carbocycles. The lowest BCUT2D eigenvalue weighted by atomic mass is 10.1. The number of benzene rings is 2. The number of para-hydroxylation sites is 2. The Kier molecular flexibility index (Phi) is 6.95. The highest BCUT2D eigenvalue weighted by Crippen LogP contribution is 2.37. The molecule has 37 heavy (non-hydrogen) atoms. The Balaban J connectivity index is 1.52. The fraction of sp³-hybridized carbons (Fsp3) is 0.231. The van der Waals surface area contributed by atoms with Crippen LogP contribution in [0.1, 0.15) is 18.9 Å². The third-order valence-electron chi connectivity index (χ3n) is 6.27. The normalized spacial score (nSPS) is 15.5. The molecule has 5 rings (SSSR count). The lowest BCUT2D eigenvalue weighted by Gasteiger charge is -2.32. The van der Waals surface area contributed by atoms with Crippen LogP contribution in [0.4, 0.5) is 15.9 Å². The topological polar surface area (TPSA) is 111 Å². The molecule has 0 bridgehead atoms. The first-order valence-electron chi connectivity index (χ1n) is 11.8. The number of nitrogens with two attached hydrogens (primary N) is 1. The molecule has 2 aromatic heterocycles. The number of carbonyl (C=O) groups is 1. The van der Waals surface area contributed by atoms with Gasteiger partial charge in [0.05, 0.1) is 17.1 Å². The Hall–Kier alpha value is -4.12. The fourth-order valence-corrected chi connectivity index (χ4v) is 4.94. The van der Waals surface area contributed by atoms with Crippen molar-refractivity contribution in [3.8, 4) is 22.8 Å². The summed E-state index contributed by atoms with van der Waals surface area (Å²) < 4.78 is 26.4. The number of ether oxygens (including phenoxy) is 1. The van der Waals surface area contributed by atoms with Gasteiger partial charge in [0.15, 0.2) is 11.4 Å². The fourth-order valence-electron chi connectivity index (χ4n) is 4.55. The number of anilines is 2.